The van der Waals surface area contributed by atoms with Gasteiger partial charge in [-0.25, -0.2) is 4.98 Å². The first-order valence-corrected chi connectivity index (χ1v) is 9.12. The first kappa shape index (κ1) is 16.5. The molecule has 1 aliphatic heterocycles. The second-order valence-corrected chi connectivity index (χ2v) is 6.91. The molecule has 24 heavy (non-hydrogen) atoms. The fourth-order valence-electron chi connectivity index (χ4n) is 2.71. The molecule has 3 rings (SSSR count). The third-order valence-electron chi connectivity index (χ3n) is 4.10. The van der Waals surface area contributed by atoms with Crippen LogP contribution in [0.4, 0.5) is 0 Å². The van der Waals surface area contributed by atoms with Crippen LogP contribution >= 0.6 is 11.8 Å². The fourth-order valence-corrected chi connectivity index (χ4v) is 3.55. The Bertz CT molecular complexity index is 729. The number of nitriles is 1. The number of rotatable bonds is 5. The summed E-state index contributed by atoms with van der Waals surface area (Å²) in [5, 5.41) is 9.73. The predicted octanol–water partition coefficient (Wildman–Crippen LogP) is 3.52. The molecule has 0 aliphatic carbocycles. The molecular formula is C19H19N3OS. The Morgan fingerprint density at radius 1 is 1.17 bits per heavy atom. The standard InChI is InChI=1S/C19H19N3OS/c20-13-16-5-3-15(4-6-16)9-12-24-18-8-7-17(14-21-18)19(23)22-10-1-2-11-22/h3-8,14H,1-2,9-12H2. The van der Waals surface area contributed by atoms with Gasteiger partial charge in [-0.3, -0.25) is 4.79 Å². The van der Waals surface area contributed by atoms with Gasteiger partial charge in [-0.1, -0.05) is 12.1 Å². The van der Waals surface area contributed by atoms with E-state index >= 15 is 0 Å². The zero-order valence-corrected chi connectivity index (χ0v) is 14.3. The van der Waals surface area contributed by atoms with Crippen LogP contribution in [-0.4, -0.2) is 34.6 Å². The van der Waals surface area contributed by atoms with Gasteiger partial charge in [-0.05, 0) is 49.1 Å². The first-order chi connectivity index (χ1) is 11.8. The maximum Gasteiger partial charge on any atom is 0.255 e. The number of thioether (sulfide) groups is 1. The summed E-state index contributed by atoms with van der Waals surface area (Å²) in [5.41, 5.74) is 2.57. The second-order valence-electron chi connectivity index (χ2n) is 5.79. The lowest BCUT2D eigenvalue weighted by Crippen LogP contribution is -2.27. The highest BCUT2D eigenvalue weighted by Gasteiger charge is 2.19. The Balaban J connectivity index is 1.50. The van der Waals surface area contributed by atoms with Crippen molar-refractivity contribution in [1.82, 2.24) is 9.88 Å². The summed E-state index contributed by atoms with van der Waals surface area (Å²) in [6.45, 7) is 1.72. The molecule has 1 aliphatic rings. The quantitative estimate of drug-likeness (QED) is 0.783. The van der Waals surface area contributed by atoms with Crippen LogP contribution in [0.1, 0.15) is 34.3 Å². The van der Waals surface area contributed by atoms with Gasteiger partial charge < -0.3 is 4.90 Å². The van der Waals surface area contributed by atoms with E-state index < -0.39 is 0 Å². The molecule has 0 spiro atoms. The van der Waals surface area contributed by atoms with Crippen molar-refractivity contribution < 1.29 is 4.79 Å². The molecule has 0 N–H and O–H groups in total. The van der Waals surface area contributed by atoms with Crippen LogP contribution in [0.15, 0.2) is 47.6 Å². The summed E-state index contributed by atoms with van der Waals surface area (Å²) in [5.74, 6) is 1.01. The zero-order chi connectivity index (χ0) is 16.8. The molecular weight excluding hydrogens is 318 g/mol. The number of likely N-dealkylation sites (tertiary alicyclic amines) is 1. The number of benzene rings is 1. The maximum absolute atomic E-state index is 12.3. The van der Waals surface area contributed by atoms with Gasteiger partial charge in [0, 0.05) is 25.0 Å². The molecule has 0 atom stereocenters. The molecule has 0 unspecified atom stereocenters. The Hall–Kier alpha value is -2.32. The second kappa shape index (κ2) is 7.98. The molecule has 0 bridgehead atoms. The van der Waals surface area contributed by atoms with Crippen LogP contribution in [0, 0.1) is 11.3 Å². The van der Waals surface area contributed by atoms with Gasteiger partial charge in [0.05, 0.1) is 22.2 Å². The number of aromatic nitrogens is 1. The van der Waals surface area contributed by atoms with E-state index in [0.717, 1.165) is 43.1 Å². The topological polar surface area (TPSA) is 57.0 Å². The van der Waals surface area contributed by atoms with Crippen LogP contribution < -0.4 is 0 Å². The minimum Gasteiger partial charge on any atom is -0.339 e. The van der Waals surface area contributed by atoms with Gasteiger partial charge in [0.25, 0.3) is 5.91 Å². The van der Waals surface area contributed by atoms with E-state index in [1.807, 2.05) is 41.3 Å². The van der Waals surface area contributed by atoms with Crippen LogP contribution in [0.25, 0.3) is 0 Å². The molecule has 1 aromatic carbocycles. The lowest BCUT2D eigenvalue weighted by atomic mass is 10.1. The van der Waals surface area contributed by atoms with Crippen LogP contribution in [0.5, 0.6) is 0 Å². The highest BCUT2D eigenvalue weighted by molar-refractivity contribution is 7.99. The number of carbonyl (C=O) groups excluding carboxylic acids is 1. The average molecular weight is 337 g/mol. The van der Waals surface area contributed by atoms with E-state index in [1.165, 1.54) is 5.56 Å². The lowest BCUT2D eigenvalue weighted by Gasteiger charge is -2.14. The van der Waals surface area contributed by atoms with Crippen molar-refractivity contribution in [1.29, 1.82) is 5.26 Å². The molecule has 4 nitrogen and oxygen atoms in total. The zero-order valence-electron chi connectivity index (χ0n) is 13.4. The summed E-state index contributed by atoms with van der Waals surface area (Å²) in [6, 6.07) is 13.6. The SMILES string of the molecule is N#Cc1ccc(CCSc2ccc(C(=O)N3CCCC3)cn2)cc1. The van der Waals surface area contributed by atoms with Crippen molar-refractivity contribution in [3.05, 3.63) is 59.3 Å². The summed E-state index contributed by atoms with van der Waals surface area (Å²) in [6.07, 6.45) is 4.81. The van der Waals surface area contributed by atoms with Gasteiger partial charge in [-0.2, -0.15) is 5.26 Å². The lowest BCUT2D eigenvalue weighted by molar-refractivity contribution is 0.0792. The number of amides is 1. The number of carbonyl (C=O) groups is 1. The van der Waals surface area contributed by atoms with Crippen molar-refractivity contribution in [3.63, 3.8) is 0 Å². The van der Waals surface area contributed by atoms with Crippen molar-refractivity contribution in [2.24, 2.45) is 0 Å². The van der Waals surface area contributed by atoms with Gasteiger partial charge in [-0.15, -0.1) is 11.8 Å². The Morgan fingerprint density at radius 2 is 1.92 bits per heavy atom. The monoisotopic (exact) mass is 337 g/mol. The Morgan fingerprint density at radius 3 is 2.54 bits per heavy atom. The number of pyridine rings is 1. The van der Waals surface area contributed by atoms with Gasteiger partial charge >= 0.3 is 0 Å². The number of hydrogen-bond acceptors (Lipinski definition) is 4. The predicted molar refractivity (Wildman–Crippen MR) is 95.0 cm³/mol. The highest BCUT2D eigenvalue weighted by atomic mass is 32.2. The molecule has 2 aromatic rings. The largest absolute Gasteiger partial charge is 0.339 e. The van der Waals surface area contributed by atoms with Gasteiger partial charge in [0.1, 0.15) is 0 Å². The van der Waals surface area contributed by atoms with Crippen molar-refractivity contribution >= 4 is 17.7 Å². The molecule has 122 valence electrons. The molecule has 1 saturated heterocycles. The first-order valence-electron chi connectivity index (χ1n) is 8.13. The van der Waals surface area contributed by atoms with Gasteiger partial charge in [0.15, 0.2) is 0 Å². The third kappa shape index (κ3) is 4.15. The van der Waals surface area contributed by atoms with E-state index in [-0.39, 0.29) is 5.91 Å². The molecule has 1 fully saturated rings. The van der Waals surface area contributed by atoms with E-state index in [1.54, 1.807) is 18.0 Å². The summed E-state index contributed by atoms with van der Waals surface area (Å²) < 4.78 is 0. The average Bonchev–Trinajstić information content (AvgIpc) is 3.17. The summed E-state index contributed by atoms with van der Waals surface area (Å²) >= 11 is 1.68. The molecule has 1 amide bonds. The van der Waals surface area contributed by atoms with Crippen LogP contribution in [0.2, 0.25) is 0 Å². The number of hydrogen-bond donors (Lipinski definition) is 0. The van der Waals surface area contributed by atoms with E-state index in [4.69, 9.17) is 5.26 Å². The number of nitrogens with zero attached hydrogens (tertiary/aromatic N) is 3. The minimum absolute atomic E-state index is 0.0918. The molecule has 1 aromatic heterocycles. The highest BCUT2D eigenvalue weighted by Crippen LogP contribution is 2.19. The third-order valence-corrected chi connectivity index (χ3v) is 5.05. The fraction of sp³-hybridized carbons (Fsp3) is 0.316. The van der Waals surface area contributed by atoms with Crippen molar-refractivity contribution in [2.45, 2.75) is 24.3 Å². The minimum atomic E-state index is 0.0918. The smallest absolute Gasteiger partial charge is 0.255 e. The van der Waals surface area contributed by atoms with E-state index in [0.29, 0.717) is 11.1 Å². The van der Waals surface area contributed by atoms with E-state index in [9.17, 15) is 4.79 Å². The van der Waals surface area contributed by atoms with Crippen LogP contribution in [-0.2, 0) is 6.42 Å². The summed E-state index contributed by atoms with van der Waals surface area (Å²) in [4.78, 5) is 18.6. The Labute approximate surface area is 146 Å². The molecule has 2 heterocycles. The van der Waals surface area contributed by atoms with Crippen molar-refractivity contribution in [2.75, 3.05) is 18.8 Å². The molecule has 5 heteroatoms. The number of aryl methyl sites for hydroxylation is 1. The normalized spacial score (nSPS) is 13.7. The molecule has 0 radical (unpaired) electrons. The van der Waals surface area contributed by atoms with Crippen molar-refractivity contribution in [3.8, 4) is 6.07 Å². The molecule has 0 saturated carbocycles. The van der Waals surface area contributed by atoms with E-state index in [2.05, 4.69) is 11.1 Å². The summed E-state index contributed by atoms with van der Waals surface area (Å²) in [7, 11) is 0. The maximum atomic E-state index is 12.3. The van der Waals surface area contributed by atoms with Crippen LogP contribution in [0.3, 0.4) is 0 Å². The Kier molecular flexibility index (Phi) is 5.50. The van der Waals surface area contributed by atoms with Gasteiger partial charge in [0.2, 0.25) is 0 Å².